The van der Waals surface area contributed by atoms with Gasteiger partial charge in [0.1, 0.15) is 0 Å². The van der Waals surface area contributed by atoms with Gasteiger partial charge in [-0.2, -0.15) is 0 Å². The second-order valence-electron chi connectivity index (χ2n) is 2.43. The fourth-order valence-electron chi connectivity index (χ4n) is 0.839. The monoisotopic (exact) mass is 231 g/mol. The first kappa shape index (κ1) is 11.7. The van der Waals surface area contributed by atoms with Gasteiger partial charge in [0.25, 0.3) is 0 Å². The largest absolute Gasteiger partial charge is 0.733 e. The minimum Gasteiger partial charge on any atom is -0.733 e. The van der Waals surface area contributed by atoms with E-state index in [1.165, 1.54) is 10.8 Å². The second-order valence-corrected chi connectivity index (χ2v) is 4.89. The molecule has 1 aromatic carbocycles. The number of hydrogen-bond acceptors (Lipinski definition) is 6. The normalized spacial score (nSPS) is 10.2. The van der Waals surface area contributed by atoms with Gasteiger partial charge in [-0.05, 0) is 12.1 Å². The standard InChI is InChI=1S/C8H11N2O2S2/c9-5-6-13-14-8-4-2-1-3-7(8)10(11)12/h1-4,11H,5-6,9H2/q-1. The Bertz CT molecular complexity index is 284. The maximum atomic E-state index is 10.7. The fraction of sp³-hybridized carbons (Fsp3) is 0.250. The van der Waals surface area contributed by atoms with Crippen molar-refractivity contribution in [1.82, 2.24) is 0 Å². The van der Waals surface area contributed by atoms with Crippen molar-refractivity contribution in [1.29, 1.82) is 0 Å². The molecular formula is C8H11N2O2S2-. The molecule has 4 nitrogen and oxygen atoms in total. The van der Waals surface area contributed by atoms with Crippen LogP contribution in [0.1, 0.15) is 0 Å². The van der Waals surface area contributed by atoms with E-state index in [4.69, 9.17) is 10.9 Å². The Morgan fingerprint density at radius 1 is 1.43 bits per heavy atom. The van der Waals surface area contributed by atoms with Crippen molar-refractivity contribution in [3.8, 4) is 0 Å². The van der Waals surface area contributed by atoms with Crippen molar-refractivity contribution < 1.29 is 5.21 Å². The molecule has 0 aromatic heterocycles. The first-order valence-electron chi connectivity index (χ1n) is 4.00. The van der Waals surface area contributed by atoms with Crippen molar-refractivity contribution in [2.24, 2.45) is 5.73 Å². The summed E-state index contributed by atoms with van der Waals surface area (Å²) >= 11 is 0. The molecule has 0 unspecified atom stereocenters. The molecule has 0 radical (unpaired) electrons. The van der Waals surface area contributed by atoms with Gasteiger partial charge in [-0.15, -0.1) is 0 Å². The molecule has 0 fully saturated rings. The van der Waals surface area contributed by atoms with E-state index in [0.717, 1.165) is 10.6 Å². The van der Waals surface area contributed by atoms with Crippen LogP contribution in [0, 0.1) is 5.21 Å². The van der Waals surface area contributed by atoms with Crippen LogP contribution in [-0.2, 0) is 0 Å². The molecule has 0 heterocycles. The maximum Gasteiger partial charge on any atom is 0.0653 e. The van der Waals surface area contributed by atoms with Crippen LogP contribution in [-0.4, -0.2) is 17.5 Å². The van der Waals surface area contributed by atoms with Gasteiger partial charge in [0.05, 0.1) is 5.69 Å². The smallest absolute Gasteiger partial charge is 0.0653 e. The number of nitrogens with zero attached hydrogens (tertiary/aromatic N) is 1. The summed E-state index contributed by atoms with van der Waals surface area (Å²) in [5, 5.41) is 19.4. The molecule has 6 heteroatoms. The molecule has 0 aliphatic carbocycles. The van der Waals surface area contributed by atoms with Crippen LogP contribution in [0.15, 0.2) is 29.2 Å². The zero-order chi connectivity index (χ0) is 10.4. The van der Waals surface area contributed by atoms with Crippen molar-refractivity contribution in [3.05, 3.63) is 29.5 Å². The van der Waals surface area contributed by atoms with E-state index >= 15 is 0 Å². The van der Waals surface area contributed by atoms with E-state index in [-0.39, 0.29) is 10.9 Å². The van der Waals surface area contributed by atoms with E-state index in [1.54, 1.807) is 29.0 Å². The number of hydrogen-bond donors (Lipinski definition) is 2. The summed E-state index contributed by atoms with van der Waals surface area (Å²) in [4.78, 5) is 0.739. The zero-order valence-corrected chi connectivity index (χ0v) is 9.05. The molecular weight excluding hydrogens is 220 g/mol. The number of para-hydroxylation sites is 1. The van der Waals surface area contributed by atoms with Crippen LogP contribution in [0.4, 0.5) is 5.69 Å². The Labute approximate surface area is 90.4 Å². The summed E-state index contributed by atoms with van der Waals surface area (Å²) in [7, 11) is 2.99. The van der Waals surface area contributed by atoms with E-state index in [1.807, 2.05) is 6.07 Å². The number of rotatable bonds is 5. The summed E-state index contributed by atoms with van der Waals surface area (Å²) < 4.78 is 0. The van der Waals surface area contributed by atoms with Gasteiger partial charge in [0.15, 0.2) is 0 Å². The highest BCUT2D eigenvalue weighted by atomic mass is 33.1. The van der Waals surface area contributed by atoms with Gasteiger partial charge in [-0.3, -0.25) is 5.21 Å². The number of benzene rings is 1. The third-order valence-corrected chi connectivity index (χ3v) is 3.86. The van der Waals surface area contributed by atoms with Gasteiger partial charge < -0.3 is 16.2 Å². The van der Waals surface area contributed by atoms with E-state index in [2.05, 4.69) is 0 Å². The Balaban J connectivity index is 2.64. The highest BCUT2D eigenvalue weighted by Crippen LogP contribution is 2.36. The molecule has 0 atom stereocenters. The van der Waals surface area contributed by atoms with Crippen LogP contribution in [0.2, 0.25) is 0 Å². The summed E-state index contributed by atoms with van der Waals surface area (Å²) in [6.07, 6.45) is 0. The third-order valence-electron chi connectivity index (χ3n) is 1.42. The number of anilines is 1. The SMILES string of the molecule is NCCSSc1ccccc1N([O-])O. The molecule has 78 valence electrons. The third kappa shape index (κ3) is 3.39. The summed E-state index contributed by atoms with van der Waals surface area (Å²) in [6, 6.07) is 6.87. The Hall–Kier alpha value is -0.400. The molecule has 0 saturated heterocycles. The van der Waals surface area contributed by atoms with E-state index in [9.17, 15) is 5.21 Å². The van der Waals surface area contributed by atoms with Crippen LogP contribution >= 0.6 is 21.6 Å². The lowest BCUT2D eigenvalue weighted by Gasteiger charge is -2.23. The molecule has 14 heavy (non-hydrogen) atoms. The first-order chi connectivity index (χ1) is 6.75. The molecule has 0 spiro atoms. The molecule has 3 N–H and O–H groups in total. The summed E-state index contributed by atoms with van der Waals surface area (Å²) in [5.74, 6) is 0.809. The highest BCUT2D eigenvalue weighted by Gasteiger charge is 2.02. The fourth-order valence-corrected chi connectivity index (χ4v) is 2.85. The summed E-state index contributed by atoms with van der Waals surface area (Å²) in [6.45, 7) is 0.597. The lowest BCUT2D eigenvalue weighted by Crippen LogP contribution is -2.07. The van der Waals surface area contributed by atoms with Crippen LogP contribution < -0.4 is 11.0 Å². The quantitative estimate of drug-likeness (QED) is 0.459. The maximum absolute atomic E-state index is 10.7. The molecule has 1 aromatic rings. The van der Waals surface area contributed by atoms with Crippen molar-refractivity contribution in [3.63, 3.8) is 0 Å². The molecule has 0 amide bonds. The highest BCUT2D eigenvalue weighted by molar-refractivity contribution is 8.76. The average molecular weight is 231 g/mol. The predicted molar refractivity (Wildman–Crippen MR) is 61.4 cm³/mol. The van der Waals surface area contributed by atoms with Crippen LogP contribution in [0.3, 0.4) is 0 Å². The Morgan fingerprint density at radius 3 is 2.79 bits per heavy atom. The minimum atomic E-state index is -0.120. The average Bonchev–Trinajstić information content (AvgIpc) is 2.19. The molecule has 0 saturated carbocycles. The summed E-state index contributed by atoms with van der Waals surface area (Å²) in [5.41, 5.74) is 5.60. The molecule has 1 rings (SSSR count). The number of nitrogens with two attached hydrogens (primary N) is 1. The van der Waals surface area contributed by atoms with Crippen molar-refractivity contribution in [2.45, 2.75) is 4.90 Å². The lowest BCUT2D eigenvalue weighted by atomic mass is 10.3. The predicted octanol–water partition coefficient (Wildman–Crippen LogP) is 2.08. The van der Waals surface area contributed by atoms with Gasteiger partial charge in [-0.25, -0.2) is 0 Å². The van der Waals surface area contributed by atoms with E-state index < -0.39 is 0 Å². The minimum absolute atomic E-state index is 0.120. The lowest BCUT2D eigenvalue weighted by molar-refractivity contribution is 0.294. The second kappa shape index (κ2) is 6.15. The van der Waals surface area contributed by atoms with Crippen molar-refractivity contribution in [2.75, 3.05) is 17.5 Å². The van der Waals surface area contributed by atoms with E-state index in [0.29, 0.717) is 6.54 Å². The van der Waals surface area contributed by atoms with Gasteiger partial charge in [-0.1, -0.05) is 33.7 Å². The first-order valence-corrected chi connectivity index (χ1v) is 6.32. The van der Waals surface area contributed by atoms with Gasteiger partial charge in [0, 0.05) is 17.2 Å². The van der Waals surface area contributed by atoms with Crippen LogP contribution in [0.5, 0.6) is 0 Å². The zero-order valence-electron chi connectivity index (χ0n) is 7.42. The molecule has 0 aliphatic heterocycles. The topological polar surface area (TPSA) is 72.5 Å². The molecule has 0 bridgehead atoms. The van der Waals surface area contributed by atoms with Gasteiger partial charge in [0.2, 0.25) is 0 Å². The van der Waals surface area contributed by atoms with Crippen LogP contribution in [0.25, 0.3) is 0 Å². The molecule has 0 aliphatic rings. The Morgan fingerprint density at radius 2 is 2.14 bits per heavy atom. The Kier molecular flexibility index (Phi) is 5.13. The van der Waals surface area contributed by atoms with Gasteiger partial charge >= 0.3 is 0 Å². The van der Waals surface area contributed by atoms with Crippen molar-refractivity contribution >= 4 is 27.3 Å².